The normalized spacial score (nSPS) is 12.7. The number of hydrogen-bond donors (Lipinski definition) is 3. The van der Waals surface area contributed by atoms with E-state index >= 15 is 0 Å². The van der Waals surface area contributed by atoms with Gasteiger partial charge in [-0.2, -0.15) is 0 Å². The zero-order valence-electron chi connectivity index (χ0n) is 10.7. The minimum atomic E-state index is -0.992. The van der Waals surface area contributed by atoms with E-state index in [1.807, 2.05) is 6.92 Å². The van der Waals surface area contributed by atoms with Gasteiger partial charge in [-0.3, -0.25) is 4.57 Å². The van der Waals surface area contributed by atoms with Crippen LogP contribution in [-0.2, 0) is 4.79 Å². The first-order valence-electron chi connectivity index (χ1n) is 6.27. The highest BCUT2D eigenvalue weighted by atomic mass is 16.4. The summed E-state index contributed by atoms with van der Waals surface area (Å²) in [6, 6.07) is 4.12. The van der Waals surface area contributed by atoms with E-state index in [9.17, 15) is 14.7 Å². The van der Waals surface area contributed by atoms with Crippen molar-refractivity contribution in [1.82, 2.24) is 9.55 Å². The maximum atomic E-state index is 12.0. The molecule has 1 aromatic heterocycles. The molecular formula is C13H17N3O3. The molecule has 0 fully saturated rings. The number of aliphatic carboxylic acids is 1. The molecule has 0 aliphatic carbocycles. The number of anilines is 1. The van der Waals surface area contributed by atoms with E-state index in [1.165, 1.54) is 4.57 Å². The van der Waals surface area contributed by atoms with Crippen molar-refractivity contribution in [2.75, 3.05) is 5.73 Å². The Morgan fingerprint density at radius 3 is 2.89 bits per heavy atom. The molecule has 2 rings (SSSR count). The lowest BCUT2D eigenvalue weighted by Crippen LogP contribution is -2.28. The summed E-state index contributed by atoms with van der Waals surface area (Å²) in [6.07, 6.45) is 2.07. The van der Waals surface area contributed by atoms with E-state index in [2.05, 4.69) is 4.98 Å². The molecule has 1 aromatic carbocycles. The quantitative estimate of drug-likeness (QED) is 0.715. The Kier molecular flexibility index (Phi) is 3.59. The van der Waals surface area contributed by atoms with Crippen molar-refractivity contribution in [2.45, 2.75) is 32.2 Å². The highest BCUT2D eigenvalue weighted by Gasteiger charge is 2.23. The highest BCUT2D eigenvalue weighted by Crippen LogP contribution is 2.21. The van der Waals surface area contributed by atoms with Crippen molar-refractivity contribution >= 4 is 22.7 Å². The van der Waals surface area contributed by atoms with Crippen LogP contribution in [0.3, 0.4) is 0 Å². The number of carbonyl (C=O) groups is 1. The van der Waals surface area contributed by atoms with Crippen molar-refractivity contribution in [3.8, 4) is 0 Å². The second-order valence-corrected chi connectivity index (χ2v) is 4.57. The number of nitrogens with two attached hydrogens (primary N) is 1. The van der Waals surface area contributed by atoms with Gasteiger partial charge in [0.05, 0.1) is 11.0 Å². The van der Waals surface area contributed by atoms with Gasteiger partial charge in [-0.05, 0) is 24.6 Å². The number of aromatic amines is 1. The summed E-state index contributed by atoms with van der Waals surface area (Å²) in [4.78, 5) is 26.0. The van der Waals surface area contributed by atoms with E-state index in [-0.39, 0.29) is 0 Å². The summed E-state index contributed by atoms with van der Waals surface area (Å²) in [7, 11) is 0. The molecule has 2 aromatic rings. The number of carboxylic acids is 1. The molecule has 1 atom stereocenters. The maximum Gasteiger partial charge on any atom is 0.327 e. The van der Waals surface area contributed by atoms with Crippen LogP contribution >= 0.6 is 0 Å². The molecule has 0 spiro atoms. The van der Waals surface area contributed by atoms with Gasteiger partial charge in [0.15, 0.2) is 0 Å². The van der Waals surface area contributed by atoms with E-state index in [1.54, 1.807) is 18.2 Å². The zero-order valence-corrected chi connectivity index (χ0v) is 10.7. The second kappa shape index (κ2) is 5.17. The fraction of sp³-hybridized carbons (Fsp3) is 0.385. The highest BCUT2D eigenvalue weighted by molar-refractivity contribution is 5.81. The Hall–Kier alpha value is -2.24. The van der Waals surface area contributed by atoms with Crippen molar-refractivity contribution in [3.05, 3.63) is 28.7 Å². The van der Waals surface area contributed by atoms with Crippen LogP contribution in [0.15, 0.2) is 23.0 Å². The molecule has 6 heteroatoms. The number of nitrogen functional groups attached to an aromatic ring is 1. The molecule has 0 saturated carbocycles. The molecule has 0 saturated heterocycles. The third-order valence-electron chi connectivity index (χ3n) is 3.17. The van der Waals surface area contributed by atoms with Crippen molar-refractivity contribution in [1.29, 1.82) is 0 Å². The first-order chi connectivity index (χ1) is 9.04. The van der Waals surface area contributed by atoms with Gasteiger partial charge in [-0.15, -0.1) is 0 Å². The number of hydrogen-bond acceptors (Lipinski definition) is 3. The third-order valence-corrected chi connectivity index (χ3v) is 3.17. The average molecular weight is 263 g/mol. The van der Waals surface area contributed by atoms with E-state index in [0.717, 1.165) is 12.8 Å². The molecule has 0 aliphatic rings. The summed E-state index contributed by atoms with van der Waals surface area (Å²) in [6.45, 7) is 1.98. The minimum absolute atomic E-state index is 0.413. The van der Waals surface area contributed by atoms with Gasteiger partial charge in [0.1, 0.15) is 6.04 Å². The van der Waals surface area contributed by atoms with Gasteiger partial charge in [0.2, 0.25) is 0 Å². The van der Waals surface area contributed by atoms with Gasteiger partial charge < -0.3 is 15.8 Å². The molecule has 6 nitrogen and oxygen atoms in total. The van der Waals surface area contributed by atoms with Crippen LogP contribution in [0.2, 0.25) is 0 Å². The summed E-state index contributed by atoms with van der Waals surface area (Å²) < 4.78 is 1.30. The molecular weight excluding hydrogens is 246 g/mol. The monoisotopic (exact) mass is 263 g/mol. The number of benzene rings is 1. The van der Waals surface area contributed by atoms with Crippen LogP contribution < -0.4 is 11.4 Å². The summed E-state index contributed by atoms with van der Waals surface area (Å²) in [5.74, 6) is -0.992. The van der Waals surface area contributed by atoms with Gasteiger partial charge in [-0.1, -0.05) is 19.8 Å². The number of imidazole rings is 1. The predicted molar refractivity (Wildman–Crippen MR) is 73.2 cm³/mol. The molecule has 1 unspecified atom stereocenters. The van der Waals surface area contributed by atoms with Crippen LogP contribution in [0, 0.1) is 0 Å². The predicted octanol–water partition coefficient (Wildman–Crippen LogP) is 1.73. The molecule has 0 aliphatic heterocycles. The number of aromatic nitrogens is 2. The van der Waals surface area contributed by atoms with Crippen molar-refractivity contribution < 1.29 is 9.90 Å². The van der Waals surface area contributed by atoms with Crippen molar-refractivity contribution in [2.24, 2.45) is 0 Å². The topological polar surface area (TPSA) is 101 Å². The maximum absolute atomic E-state index is 12.0. The molecule has 1 heterocycles. The largest absolute Gasteiger partial charge is 0.480 e. The number of rotatable bonds is 5. The Labute approximate surface area is 109 Å². The lowest BCUT2D eigenvalue weighted by Gasteiger charge is -2.13. The number of carboxylic acid groups (broad SMARTS) is 1. The van der Waals surface area contributed by atoms with Gasteiger partial charge in [-0.25, -0.2) is 9.59 Å². The second-order valence-electron chi connectivity index (χ2n) is 4.57. The van der Waals surface area contributed by atoms with E-state index in [0.29, 0.717) is 23.1 Å². The first kappa shape index (κ1) is 13.2. The fourth-order valence-corrected chi connectivity index (χ4v) is 2.22. The van der Waals surface area contributed by atoms with Crippen LogP contribution in [0.5, 0.6) is 0 Å². The fourth-order valence-electron chi connectivity index (χ4n) is 2.22. The SMILES string of the molecule is CCCCC(C(=O)O)n1c(=O)[nH]c2cc(N)ccc21. The molecule has 0 amide bonds. The van der Waals surface area contributed by atoms with Gasteiger partial charge in [0.25, 0.3) is 0 Å². The van der Waals surface area contributed by atoms with Crippen LogP contribution in [0.1, 0.15) is 32.2 Å². The minimum Gasteiger partial charge on any atom is -0.480 e. The molecule has 19 heavy (non-hydrogen) atoms. The van der Waals surface area contributed by atoms with Gasteiger partial charge in [0, 0.05) is 5.69 Å². The van der Waals surface area contributed by atoms with Crippen LogP contribution in [-0.4, -0.2) is 20.6 Å². The molecule has 0 bridgehead atoms. The number of H-pyrrole nitrogens is 1. The number of nitrogens with one attached hydrogen (secondary N) is 1. The Balaban J connectivity index is 2.55. The molecule has 4 N–H and O–H groups in total. The van der Waals surface area contributed by atoms with Crippen molar-refractivity contribution in [3.63, 3.8) is 0 Å². The van der Waals surface area contributed by atoms with E-state index in [4.69, 9.17) is 5.73 Å². The number of unbranched alkanes of at least 4 members (excludes halogenated alkanes) is 1. The standard InChI is InChI=1S/C13H17N3O3/c1-2-3-4-11(12(17)18)16-10-6-5-8(14)7-9(10)15-13(16)19/h5-7,11H,2-4,14H2,1H3,(H,15,19)(H,17,18). The lowest BCUT2D eigenvalue weighted by atomic mass is 10.1. The lowest BCUT2D eigenvalue weighted by molar-refractivity contribution is -0.141. The smallest absolute Gasteiger partial charge is 0.327 e. The Bertz CT molecular complexity index is 657. The summed E-state index contributed by atoms with van der Waals surface area (Å²) >= 11 is 0. The van der Waals surface area contributed by atoms with Crippen LogP contribution in [0.25, 0.3) is 11.0 Å². The first-order valence-corrected chi connectivity index (χ1v) is 6.27. The number of fused-ring (bicyclic) bond motifs is 1. The molecule has 0 radical (unpaired) electrons. The number of nitrogens with zero attached hydrogens (tertiary/aromatic N) is 1. The summed E-state index contributed by atoms with van der Waals surface area (Å²) in [5, 5.41) is 9.31. The third kappa shape index (κ3) is 2.47. The zero-order chi connectivity index (χ0) is 14.0. The Morgan fingerprint density at radius 2 is 2.26 bits per heavy atom. The molecule has 102 valence electrons. The average Bonchev–Trinajstić information content (AvgIpc) is 2.65. The Morgan fingerprint density at radius 1 is 1.53 bits per heavy atom. The van der Waals surface area contributed by atoms with Gasteiger partial charge >= 0.3 is 11.7 Å². The summed E-state index contributed by atoms with van der Waals surface area (Å²) in [5.41, 5.74) is 6.90. The van der Waals surface area contributed by atoms with Crippen LogP contribution in [0.4, 0.5) is 5.69 Å². The van der Waals surface area contributed by atoms with E-state index < -0.39 is 17.7 Å².